The fourth-order valence-electron chi connectivity index (χ4n) is 1.84. The van der Waals surface area contributed by atoms with Gasteiger partial charge in [-0.05, 0) is 29.7 Å². The Bertz CT molecular complexity index is 492. The Kier molecular flexibility index (Phi) is 3.78. The molecule has 3 N–H and O–H groups in total. The molecule has 2 rings (SSSR count). The molecule has 0 atom stereocenters. The molecule has 2 heteroatoms. The monoisotopic (exact) mass is 226 g/mol. The largest absolute Gasteiger partial charge is 0.381 e. The second-order valence-corrected chi connectivity index (χ2v) is 4.19. The molecule has 0 fully saturated rings. The maximum absolute atomic E-state index is 5.63. The van der Waals surface area contributed by atoms with Gasteiger partial charge in [0, 0.05) is 18.8 Å². The van der Waals surface area contributed by atoms with Crippen molar-refractivity contribution in [2.24, 2.45) is 5.73 Å². The molecule has 2 nitrogen and oxygen atoms in total. The average Bonchev–Trinajstić information content (AvgIpc) is 2.38. The molecule has 0 radical (unpaired) electrons. The number of nitrogens with one attached hydrogen (secondary N) is 1. The lowest BCUT2D eigenvalue weighted by Crippen LogP contribution is -2.02. The van der Waals surface area contributed by atoms with Crippen LogP contribution < -0.4 is 11.1 Å². The molecular weight excluding hydrogens is 208 g/mol. The van der Waals surface area contributed by atoms with Gasteiger partial charge < -0.3 is 11.1 Å². The van der Waals surface area contributed by atoms with Gasteiger partial charge in [0.1, 0.15) is 0 Å². The van der Waals surface area contributed by atoms with E-state index in [9.17, 15) is 0 Å². The van der Waals surface area contributed by atoms with Crippen LogP contribution in [0.15, 0.2) is 48.5 Å². The average molecular weight is 226 g/mol. The maximum atomic E-state index is 5.63. The number of aryl methyl sites for hydroxylation is 1. The second kappa shape index (κ2) is 5.51. The molecule has 0 amide bonds. The van der Waals surface area contributed by atoms with Crippen molar-refractivity contribution >= 4 is 5.69 Å². The summed E-state index contributed by atoms with van der Waals surface area (Å²) < 4.78 is 0. The lowest BCUT2D eigenvalue weighted by molar-refractivity contribution is 1.05. The van der Waals surface area contributed by atoms with E-state index >= 15 is 0 Å². The molecule has 0 heterocycles. The first-order valence-corrected chi connectivity index (χ1v) is 5.87. The van der Waals surface area contributed by atoms with Gasteiger partial charge in [-0.2, -0.15) is 0 Å². The molecule has 0 saturated heterocycles. The zero-order valence-corrected chi connectivity index (χ0v) is 10.1. The van der Waals surface area contributed by atoms with E-state index in [1.807, 2.05) is 6.07 Å². The van der Waals surface area contributed by atoms with E-state index in [2.05, 4.69) is 54.7 Å². The molecule has 0 aliphatic carbocycles. The number of hydrogen-bond donors (Lipinski definition) is 2. The van der Waals surface area contributed by atoms with Crippen molar-refractivity contribution in [1.82, 2.24) is 0 Å². The van der Waals surface area contributed by atoms with Crippen LogP contribution in [0.2, 0.25) is 0 Å². The molecule has 0 aromatic heterocycles. The van der Waals surface area contributed by atoms with Crippen LogP contribution in [0.25, 0.3) is 0 Å². The van der Waals surface area contributed by atoms with Crippen molar-refractivity contribution in [3.8, 4) is 0 Å². The molecule has 0 unspecified atom stereocenters. The van der Waals surface area contributed by atoms with Gasteiger partial charge in [-0.1, -0.05) is 42.5 Å². The molecule has 2 aromatic rings. The molecule has 88 valence electrons. The van der Waals surface area contributed by atoms with Crippen LogP contribution in [-0.4, -0.2) is 0 Å². The summed E-state index contributed by atoms with van der Waals surface area (Å²) in [4.78, 5) is 0. The van der Waals surface area contributed by atoms with Crippen molar-refractivity contribution in [3.63, 3.8) is 0 Å². The summed E-state index contributed by atoms with van der Waals surface area (Å²) >= 11 is 0. The van der Waals surface area contributed by atoms with Gasteiger partial charge in [0.2, 0.25) is 0 Å². The summed E-state index contributed by atoms with van der Waals surface area (Å²) in [5, 5.41) is 3.44. The van der Waals surface area contributed by atoms with Gasteiger partial charge in [-0.3, -0.25) is 0 Å². The van der Waals surface area contributed by atoms with E-state index in [1.54, 1.807) is 0 Å². The minimum absolute atomic E-state index is 0.595. The third-order valence-electron chi connectivity index (χ3n) is 2.86. The van der Waals surface area contributed by atoms with E-state index < -0.39 is 0 Å². The van der Waals surface area contributed by atoms with E-state index in [0.717, 1.165) is 6.54 Å². The minimum atomic E-state index is 0.595. The molecule has 0 saturated carbocycles. The number of rotatable bonds is 4. The van der Waals surface area contributed by atoms with Gasteiger partial charge in [0.05, 0.1) is 0 Å². The molecule has 0 bridgehead atoms. The number of hydrogen-bond acceptors (Lipinski definition) is 2. The Balaban J connectivity index is 2.05. The maximum Gasteiger partial charge on any atom is 0.0400 e. The van der Waals surface area contributed by atoms with Crippen LogP contribution in [0, 0.1) is 6.92 Å². The van der Waals surface area contributed by atoms with Gasteiger partial charge in [0.15, 0.2) is 0 Å². The predicted octanol–water partition coefficient (Wildman–Crippen LogP) is 3.07. The number of anilines is 1. The molecule has 0 spiro atoms. The third kappa shape index (κ3) is 3.08. The zero-order chi connectivity index (χ0) is 12.1. The van der Waals surface area contributed by atoms with Crippen LogP contribution in [0.5, 0.6) is 0 Å². The SMILES string of the molecule is Cc1ccccc1NCc1cccc(CN)c1. The Labute approximate surface area is 102 Å². The third-order valence-corrected chi connectivity index (χ3v) is 2.86. The van der Waals surface area contributed by atoms with E-state index in [1.165, 1.54) is 22.4 Å². The van der Waals surface area contributed by atoms with Crippen LogP contribution >= 0.6 is 0 Å². The Morgan fingerprint density at radius 2 is 1.76 bits per heavy atom. The molecule has 0 aliphatic heterocycles. The first-order valence-electron chi connectivity index (χ1n) is 5.87. The quantitative estimate of drug-likeness (QED) is 0.840. The van der Waals surface area contributed by atoms with Crippen molar-refractivity contribution in [2.45, 2.75) is 20.0 Å². The smallest absolute Gasteiger partial charge is 0.0400 e. The zero-order valence-electron chi connectivity index (χ0n) is 10.1. The second-order valence-electron chi connectivity index (χ2n) is 4.19. The summed E-state index contributed by atoms with van der Waals surface area (Å²) in [5.74, 6) is 0. The van der Waals surface area contributed by atoms with Gasteiger partial charge in [-0.25, -0.2) is 0 Å². The normalized spacial score (nSPS) is 10.2. The van der Waals surface area contributed by atoms with E-state index in [4.69, 9.17) is 5.73 Å². The standard InChI is InChI=1S/C15H18N2/c1-12-5-2-3-8-15(12)17-11-14-7-4-6-13(9-14)10-16/h2-9,17H,10-11,16H2,1H3. The highest BCUT2D eigenvalue weighted by atomic mass is 14.9. The van der Waals surface area contributed by atoms with Crippen molar-refractivity contribution in [3.05, 3.63) is 65.2 Å². The summed E-state index contributed by atoms with van der Waals surface area (Å²) in [6.07, 6.45) is 0. The van der Waals surface area contributed by atoms with Gasteiger partial charge >= 0.3 is 0 Å². The van der Waals surface area contributed by atoms with Crippen molar-refractivity contribution in [2.75, 3.05) is 5.32 Å². The first kappa shape index (κ1) is 11.7. The fraction of sp³-hybridized carbons (Fsp3) is 0.200. The lowest BCUT2D eigenvalue weighted by atomic mass is 10.1. The summed E-state index contributed by atoms with van der Waals surface area (Å²) in [6, 6.07) is 16.7. The van der Waals surface area contributed by atoms with Crippen LogP contribution in [-0.2, 0) is 13.1 Å². The summed E-state index contributed by atoms with van der Waals surface area (Å²) in [5.41, 5.74) is 10.5. The molecule has 0 aliphatic rings. The van der Waals surface area contributed by atoms with Gasteiger partial charge in [0.25, 0.3) is 0 Å². The van der Waals surface area contributed by atoms with Crippen molar-refractivity contribution in [1.29, 1.82) is 0 Å². The topological polar surface area (TPSA) is 38.0 Å². The first-order chi connectivity index (χ1) is 8.29. The van der Waals surface area contributed by atoms with E-state index in [0.29, 0.717) is 6.54 Å². The Morgan fingerprint density at radius 3 is 2.53 bits per heavy atom. The predicted molar refractivity (Wildman–Crippen MR) is 72.8 cm³/mol. The minimum Gasteiger partial charge on any atom is -0.381 e. The highest BCUT2D eigenvalue weighted by Gasteiger charge is 1.97. The highest BCUT2D eigenvalue weighted by Crippen LogP contribution is 2.15. The van der Waals surface area contributed by atoms with Crippen LogP contribution in [0.1, 0.15) is 16.7 Å². The van der Waals surface area contributed by atoms with Crippen molar-refractivity contribution < 1.29 is 0 Å². The summed E-state index contributed by atoms with van der Waals surface area (Å²) in [7, 11) is 0. The molecule has 17 heavy (non-hydrogen) atoms. The van der Waals surface area contributed by atoms with Crippen LogP contribution in [0.4, 0.5) is 5.69 Å². The lowest BCUT2D eigenvalue weighted by Gasteiger charge is -2.10. The molecular formula is C15H18N2. The number of nitrogens with two attached hydrogens (primary N) is 1. The highest BCUT2D eigenvalue weighted by molar-refractivity contribution is 5.50. The Hall–Kier alpha value is -1.80. The van der Waals surface area contributed by atoms with Crippen LogP contribution in [0.3, 0.4) is 0 Å². The number of para-hydroxylation sites is 1. The molecule has 2 aromatic carbocycles. The summed E-state index contributed by atoms with van der Waals surface area (Å²) in [6.45, 7) is 3.54. The Morgan fingerprint density at radius 1 is 1.00 bits per heavy atom. The number of benzene rings is 2. The van der Waals surface area contributed by atoms with E-state index in [-0.39, 0.29) is 0 Å². The fourth-order valence-corrected chi connectivity index (χ4v) is 1.84. The van der Waals surface area contributed by atoms with Gasteiger partial charge in [-0.15, -0.1) is 0 Å².